The Hall–Kier alpha value is -2.76. The predicted octanol–water partition coefficient (Wildman–Crippen LogP) is 2.83. The van der Waals surface area contributed by atoms with Crippen molar-refractivity contribution >= 4 is 21.1 Å². The molecule has 11 heteroatoms. The van der Waals surface area contributed by atoms with Gasteiger partial charge in [0, 0.05) is 29.2 Å². The molecule has 0 aliphatic carbocycles. The van der Waals surface area contributed by atoms with E-state index < -0.39 is 52.0 Å². The quantitative estimate of drug-likeness (QED) is 0.396. The Labute approximate surface area is 222 Å². The van der Waals surface area contributed by atoms with E-state index in [4.69, 9.17) is 14.3 Å². The topological polar surface area (TPSA) is 122 Å². The standard InChI is InChI=1S/C25H36N6O4S/c1-5-8-20-22-23(31(4)29-20)25(32)28-24(27-22)19-16-18(10-11-21(19)35-15-6-2)36(33,34)26-13-12-17-9-7-14-30(17)3/h10-11,16-17,26H,5-9,12-15H2,1-4H3,(H,27,28,32)/i4D3,5D2,8D2. The van der Waals surface area contributed by atoms with Gasteiger partial charge in [-0.3, -0.25) is 9.48 Å². The van der Waals surface area contributed by atoms with Gasteiger partial charge >= 0.3 is 0 Å². The summed E-state index contributed by atoms with van der Waals surface area (Å²) in [6, 6.07) is 4.33. The Morgan fingerprint density at radius 2 is 2.19 bits per heavy atom. The zero-order valence-electron chi connectivity index (χ0n) is 27.6. The molecule has 1 aliphatic rings. The molecule has 4 rings (SSSR count). The van der Waals surface area contributed by atoms with Crippen molar-refractivity contribution in [3.8, 4) is 17.1 Å². The lowest BCUT2D eigenvalue weighted by atomic mass is 10.1. The van der Waals surface area contributed by atoms with Crippen molar-refractivity contribution in [2.75, 3.05) is 26.7 Å². The largest absolute Gasteiger partial charge is 0.493 e. The SMILES string of the molecule is [2H]C([2H])([2H])n1nc(C([2H])([2H])C([2H])([2H])C)c2nc(-c3cc(S(=O)(=O)NCCC4CCCN4C)ccc3OCCC)[nH]c(=O)c21. The van der Waals surface area contributed by atoms with Crippen molar-refractivity contribution in [3.05, 3.63) is 34.2 Å². The van der Waals surface area contributed by atoms with Crippen LogP contribution in [-0.4, -0.2) is 65.9 Å². The number of benzene rings is 1. The van der Waals surface area contributed by atoms with Gasteiger partial charge in [0.1, 0.15) is 17.1 Å². The van der Waals surface area contributed by atoms with Gasteiger partial charge in [-0.2, -0.15) is 5.10 Å². The molecular formula is C25H36N6O4S. The normalized spacial score (nSPS) is 20.8. The Kier molecular flexibility index (Phi) is 5.70. The van der Waals surface area contributed by atoms with E-state index in [9.17, 15) is 13.2 Å². The maximum absolute atomic E-state index is 13.3. The van der Waals surface area contributed by atoms with Gasteiger partial charge in [-0.25, -0.2) is 18.1 Å². The number of rotatable bonds is 11. The summed E-state index contributed by atoms with van der Waals surface area (Å²) in [5.41, 5.74) is -2.67. The first-order chi connectivity index (χ1) is 19.9. The van der Waals surface area contributed by atoms with Gasteiger partial charge in [0.15, 0.2) is 5.52 Å². The fourth-order valence-corrected chi connectivity index (χ4v) is 5.42. The summed E-state index contributed by atoms with van der Waals surface area (Å²) in [6.45, 7) is 1.25. The van der Waals surface area contributed by atoms with Crippen LogP contribution < -0.4 is 15.0 Å². The van der Waals surface area contributed by atoms with E-state index in [2.05, 4.69) is 24.7 Å². The Morgan fingerprint density at radius 3 is 2.89 bits per heavy atom. The van der Waals surface area contributed by atoms with Gasteiger partial charge in [-0.15, -0.1) is 0 Å². The molecule has 3 heterocycles. The molecule has 2 N–H and O–H groups in total. The van der Waals surface area contributed by atoms with Crippen LogP contribution in [0.25, 0.3) is 22.4 Å². The molecule has 1 aliphatic heterocycles. The second kappa shape index (κ2) is 11.1. The number of H-pyrrole nitrogens is 1. The number of aromatic nitrogens is 4. The summed E-state index contributed by atoms with van der Waals surface area (Å²) in [7, 11) is -1.99. The van der Waals surface area contributed by atoms with E-state index in [1.807, 2.05) is 14.0 Å². The molecule has 0 spiro atoms. The first-order valence-electron chi connectivity index (χ1n) is 15.4. The molecule has 196 valence electrons. The minimum absolute atomic E-state index is 0.0542. The molecule has 2 aromatic heterocycles. The van der Waals surface area contributed by atoms with Gasteiger partial charge in [0.05, 0.1) is 22.8 Å². The molecule has 0 radical (unpaired) electrons. The zero-order valence-corrected chi connectivity index (χ0v) is 21.4. The maximum Gasteiger partial charge on any atom is 0.277 e. The molecule has 1 atom stereocenters. The van der Waals surface area contributed by atoms with Gasteiger partial charge in [0.25, 0.3) is 5.56 Å². The first kappa shape index (κ1) is 18.5. The Bertz CT molecular complexity index is 1650. The highest BCUT2D eigenvalue weighted by Crippen LogP contribution is 2.31. The van der Waals surface area contributed by atoms with Crippen molar-refractivity contribution in [1.29, 1.82) is 0 Å². The van der Waals surface area contributed by atoms with Crippen LogP contribution in [0.2, 0.25) is 0 Å². The molecular weight excluding hydrogens is 480 g/mol. The minimum atomic E-state index is -4.00. The summed E-state index contributed by atoms with van der Waals surface area (Å²) >= 11 is 0. The van der Waals surface area contributed by atoms with Crippen LogP contribution >= 0.6 is 0 Å². The van der Waals surface area contributed by atoms with Crippen molar-refractivity contribution in [2.45, 2.75) is 63.2 Å². The van der Waals surface area contributed by atoms with Gasteiger partial charge < -0.3 is 14.6 Å². The molecule has 1 saturated heterocycles. The number of likely N-dealkylation sites (tertiary alicyclic amines) is 1. The molecule has 10 nitrogen and oxygen atoms in total. The van der Waals surface area contributed by atoms with E-state index in [0.29, 0.717) is 17.5 Å². The van der Waals surface area contributed by atoms with Crippen molar-refractivity contribution in [3.63, 3.8) is 0 Å². The molecule has 1 aromatic carbocycles. The summed E-state index contributed by atoms with van der Waals surface area (Å²) in [5.74, 6) is -0.0542. The number of aryl methyl sites for hydroxylation is 2. The predicted molar refractivity (Wildman–Crippen MR) is 140 cm³/mol. The third-order valence-corrected chi connectivity index (χ3v) is 7.65. The molecule has 0 saturated carbocycles. The van der Waals surface area contributed by atoms with Crippen LogP contribution in [-0.2, 0) is 23.4 Å². The van der Waals surface area contributed by atoms with E-state index in [-0.39, 0.29) is 41.2 Å². The minimum Gasteiger partial charge on any atom is -0.493 e. The number of hydrogen-bond acceptors (Lipinski definition) is 7. The van der Waals surface area contributed by atoms with Crippen molar-refractivity contribution in [2.24, 2.45) is 6.98 Å². The molecule has 36 heavy (non-hydrogen) atoms. The lowest BCUT2D eigenvalue weighted by Gasteiger charge is -2.19. The number of ether oxygens (including phenoxy) is 1. The number of fused-ring (bicyclic) bond motifs is 1. The number of nitrogens with one attached hydrogen (secondary N) is 2. The lowest BCUT2D eigenvalue weighted by molar-refractivity contribution is 0.297. The summed E-state index contributed by atoms with van der Waals surface area (Å²) in [4.78, 5) is 22.2. The molecule has 3 aromatic rings. The molecule has 1 unspecified atom stereocenters. The smallest absolute Gasteiger partial charge is 0.277 e. The van der Waals surface area contributed by atoms with Crippen LogP contribution in [0.1, 0.15) is 61.2 Å². The Balaban J connectivity index is 1.85. The maximum atomic E-state index is 13.3. The lowest BCUT2D eigenvalue weighted by Crippen LogP contribution is -2.31. The number of hydrogen-bond donors (Lipinski definition) is 2. The van der Waals surface area contributed by atoms with Gasteiger partial charge in [-0.05, 0) is 63.8 Å². The second-order valence-corrected chi connectivity index (χ2v) is 10.5. The molecule has 0 bridgehead atoms. The third-order valence-electron chi connectivity index (χ3n) is 6.19. The molecule has 0 amide bonds. The zero-order chi connectivity index (χ0) is 32.0. The third kappa shape index (κ3) is 5.47. The van der Waals surface area contributed by atoms with Crippen LogP contribution in [0.4, 0.5) is 0 Å². The summed E-state index contributed by atoms with van der Waals surface area (Å²) < 4.78 is 91.6. The molecule has 1 fully saturated rings. The summed E-state index contributed by atoms with van der Waals surface area (Å²) in [5, 5.41) is 3.81. The average Bonchev–Trinajstić information content (AvgIpc) is 3.50. The summed E-state index contributed by atoms with van der Waals surface area (Å²) in [6.07, 6.45) is -2.10. The second-order valence-electron chi connectivity index (χ2n) is 8.72. The highest BCUT2D eigenvalue weighted by atomic mass is 32.2. The van der Waals surface area contributed by atoms with E-state index in [1.54, 1.807) is 0 Å². The fraction of sp³-hybridized carbons (Fsp3) is 0.560. The van der Waals surface area contributed by atoms with Crippen LogP contribution in [0.3, 0.4) is 0 Å². The van der Waals surface area contributed by atoms with Crippen LogP contribution in [0.5, 0.6) is 5.75 Å². The van der Waals surface area contributed by atoms with Crippen LogP contribution in [0, 0.1) is 0 Å². The average molecular weight is 524 g/mol. The van der Waals surface area contributed by atoms with Crippen LogP contribution in [0.15, 0.2) is 27.9 Å². The number of sulfonamides is 1. The van der Waals surface area contributed by atoms with E-state index in [0.717, 1.165) is 26.3 Å². The number of aromatic amines is 1. The monoisotopic (exact) mass is 523 g/mol. The highest BCUT2D eigenvalue weighted by Gasteiger charge is 2.23. The van der Waals surface area contributed by atoms with Crippen molar-refractivity contribution in [1.82, 2.24) is 29.4 Å². The van der Waals surface area contributed by atoms with Gasteiger partial charge in [0.2, 0.25) is 10.0 Å². The fourth-order valence-electron chi connectivity index (χ4n) is 4.34. The van der Waals surface area contributed by atoms with Crippen molar-refractivity contribution < 1.29 is 22.7 Å². The highest BCUT2D eigenvalue weighted by molar-refractivity contribution is 7.89. The number of nitrogens with zero attached hydrogens (tertiary/aromatic N) is 4. The van der Waals surface area contributed by atoms with Gasteiger partial charge in [-0.1, -0.05) is 20.2 Å². The van der Waals surface area contributed by atoms with E-state index in [1.165, 1.54) is 18.2 Å². The van der Waals surface area contributed by atoms with E-state index >= 15 is 0 Å². The Morgan fingerprint density at radius 1 is 1.36 bits per heavy atom. The first-order valence-corrected chi connectivity index (χ1v) is 13.4.